The monoisotopic (exact) mass is 417 g/mol. The molecule has 0 aliphatic rings. The second-order valence-electron chi connectivity index (χ2n) is 5.53. The van der Waals surface area contributed by atoms with Gasteiger partial charge in [-0.1, -0.05) is 18.2 Å². The second kappa shape index (κ2) is 8.14. The molecule has 1 N–H and O–H groups in total. The predicted molar refractivity (Wildman–Crippen MR) is 101 cm³/mol. The number of carbonyl (C=O) groups is 1. The third-order valence-electron chi connectivity index (χ3n) is 3.67. The van der Waals surface area contributed by atoms with Crippen LogP contribution in [-0.4, -0.2) is 22.3 Å². The number of anilines is 1. The zero-order chi connectivity index (χ0) is 18.5. The summed E-state index contributed by atoms with van der Waals surface area (Å²) in [5, 5.41) is 7.05. The number of halogens is 2. The molecule has 134 valence electrons. The average Bonchev–Trinajstić information content (AvgIpc) is 2.97. The summed E-state index contributed by atoms with van der Waals surface area (Å²) in [6.45, 7) is 2.73. The van der Waals surface area contributed by atoms with Crippen molar-refractivity contribution in [2.45, 2.75) is 13.5 Å². The maximum atomic E-state index is 13.8. The number of amides is 1. The van der Waals surface area contributed by atoms with Crippen LogP contribution >= 0.6 is 15.9 Å². The van der Waals surface area contributed by atoms with Crippen LogP contribution in [-0.2, 0) is 6.54 Å². The van der Waals surface area contributed by atoms with Gasteiger partial charge in [-0.3, -0.25) is 9.48 Å². The Hall–Kier alpha value is -2.67. The molecule has 0 saturated carbocycles. The lowest BCUT2D eigenvalue weighted by atomic mass is 10.2. The van der Waals surface area contributed by atoms with E-state index in [-0.39, 0.29) is 18.3 Å². The lowest BCUT2D eigenvalue weighted by molar-refractivity contribution is 0.102. The highest BCUT2D eigenvalue weighted by Crippen LogP contribution is 2.22. The SMILES string of the molecule is CCOc1ccc(C(=O)Nc2nn(Cc3ccccc3F)cc2Br)cc1. The number of nitrogens with zero attached hydrogens (tertiary/aromatic N) is 2. The fourth-order valence-corrected chi connectivity index (χ4v) is 2.83. The highest BCUT2D eigenvalue weighted by Gasteiger charge is 2.13. The van der Waals surface area contributed by atoms with E-state index < -0.39 is 0 Å². The Morgan fingerprint density at radius 2 is 1.96 bits per heavy atom. The van der Waals surface area contributed by atoms with Gasteiger partial charge in [0.15, 0.2) is 5.82 Å². The number of hydrogen-bond donors (Lipinski definition) is 1. The molecule has 1 amide bonds. The van der Waals surface area contributed by atoms with Crippen LogP contribution in [0.5, 0.6) is 5.75 Å². The number of benzene rings is 2. The minimum Gasteiger partial charge on any atom is -0.494 e. The third-order valence-corrected chi connectivity index (χ3v) is 4.25. The van der Waals surface area contributed by atoms with E-state index in [0.717, 1.165) is 0 Å². The van der Waals surface area contributed by atoms with Crippen molar-refractivity contribution in [3.05, 3.63) is 76.1 Å². The molecule has 0 aliphatic heterocycles. The average molecular weight is 418 g/mol. The van der Waals surface area contributed by atoms with E-state index in [1.807, 2.05) is 6.92 Å². The molecule has 3 aromatic rings. The summed E-state index contributed by atoms with van der Waals surface area (Å²) < 4.78 is 21.3. The lowest BCUT2D eigenvalue weighted by Gasteiger charge is -2.06. The molecule has 7 heteroatoms. The van der Waals surface area contributed by atoms with Gasteiger partial charge in [-0.25, -0.2) is 4.39 Å². The van der Waals surface area contributed by atoms with Crippen LogP contribution in [0.4, 0.5) is 10.2 Å². The van der Waals surface area contributed by atoms with Crippen LogP contribution < -0.4 is 10.1 Å². The van der Waals surface area contributed by atoms with Crippen molar-refractivity contribution in [2.24, 2.45) is 0 Å². The molecule has 0 spiro atoms. The van der Waals surface area contributed by atoms with E-state index >= 15 is 0 Å². The molecule has 3 rings (SSSR count). The summed E-state index contributed by atoms with van der Waals surface area (Å²) >= 11 is 3.37. The first-order valence-electron chi connectivity index (χ1n) is 8.07. The van der Waals surface area contributed by atoms with Crippen molar-refractivity contribution in [3.63, 3.8) is 0 Å². The molecule has 0 atom stereocenters. The van der Waals surface area contributed by atoms with Crippen molar-refractivity contribution < 1.29 is 13.9 Å². The van der Waals surface area contributed by atoms with E-state index in [9.17, 15) is 9.18 Å². The van der Waals surface area contributed by atoms with Crippen LogP contribution in [0.25, 0.3) is 0 Å². The summed E-state index contributed by atoms with van der Waals surface area (Å²) in [5.41, 5.74) is 1.01. The summed E-state index contributed by atoms with van der Waals surface area (Å²) in [6.07, 6.45) is 1.69. The molecule has 2 aromatic carbocycles. The van der Waals surface area contributed by atoms with Gasteiger partial charge in [0.05, 0.1) is 17.6 Å². The van der Waals surface area contributed by atoms with Crippen molar-refractivity contribution in [1.82, 2.24) is 9.78 Å². The van der Waals surface area contributed by atoms with E-state index in [2.05, 4.69) is 26.3 Å². The standard InChI is InChI=1S/C19H17BrFN3O2/c1-2-26-15-9-7-13(8-10-15)19(25)22-18-16(20)12-24(23-18)11-14-5-3-4-6-17(14)21/h3-10,12H,2,11H2,1H3,(H,22,23,25). The normalized spacial score (nSPS) is 10.6. The molecular weight excluding hydrogens is 401 g/mol. The van der Waals surface area contributed by atoms with Gasteiger partial charge >= 0.3 is 0 Å². The summed E-state index contributed by atoms with van der Waals surface area (Å²) in [4.78, 5) is 12.4. The number of carbonyl (C=O) groups excluding carboxylic acids is 1. The Bertz CT molecular complexity index is 909. The maximum absolute atomic E-state index is 13.8. The Kier molecular flexibility index (Phi) is 5.68. The van der Waals surface area contributed by atoms with Crippen molar-refractivity contribution >= 4 is 27.7 Å². The number of rotatable bonds is 6. The zero-order valence-corrected chi connectivity index (χ0v) is 15.7. The molecule has 0 fully saturated rings. The minimum atomic E-state index is -0.293. The maximum Gasteiger partial charge on any atom is 0.256 e. The topological polar surface area (TPSA) is 56.1 Å². The number of hydrogen-bond acceptors (Lipinski definition) is 3. The molecule has 0 unspecified atom stereocenters. The molecule has 5 nitrogen and oxygen atoms in total. The molecule has 0 radical (unpaired) electrons. The Labute approximate surface area is 158 Å². The molecule has 0 aliphatic carbocycles. The number of aromatic nitrogens is 2. The van der Waals surface area contributed by atoms with Gasteiger partial charge in [0.2, 0.25) is 0 Å². The van der Waals surface area contributed by atoms with E-state index in [1.54, 1.807) is 53.3 Å². The summed E-state index contributed by atoms with van der Waals surface area (Å²) in [6, 6.07) is 13.4. The van der Waals surface area contributed by atoms with Crippen molar-refractivity contribution in [3.8, 4) is 5.75 Å². The smallest absolute Gasteiger partial charge is 0.256 e. The Morgan fingerprint density at radius 3 is 2.65 bits per heavy atom. The van der Waals surface area contributed by atoms with Crippen LogP contribution in [0.2, 0.25) is 0 Å². The van der Waals surface area contributed by atoms with Crippen molar-refractivity contribution in [1.29, 1.82) is 0 Å². The Morgan fingerprint density at radius 1 is 1.23 bits per heavy atom. The summed E-state index contributed by atoms with van der Waals surface area (Å²) in [7, 11) is 0. The van der Waals surface area contributed by atoms with Gasteiger partial charge in [0.1, 0.15) is 11.6 Å². The predicted octanol–water partition coefficient (Wildman–Crippen LogP) is 4.48. The molecule has 0 bridgehead atoms. The van der Waals surface area contributed by atoms with Crippen LogP contribution in [0, 0.1) is 5.82 Å². The first kappa shape index (κ1) is 18.1. The zero-order valence-electron chi connectivity index (χ0n) is 14.1. The highest BCUT2D eigenvalue weighted by atomic mass is 79.9. The number of ether oxygens (including phenoxy) is 1. The molecule has 1 aromatic heterocycles. The van der Waals surface area contributed by atoms with Crippen LogP contribution in [0.15, 0.2) is 59.2 Å². The van der Waals surface area contributed by atoms with Gasteiger partial charge in [-0.2, -0.15) is 5.10 Å². The van der Waals surface area contributed by atoms with E-state index in [0.29, 0.717) is 33.8 Å². The highest BCUT2D eigenvalue weighted by molar-refractivity contribution is 9.10. The fraction of sp³-hybridized carbons (Fsp3) is 0.158. The van der Waals surface area contributed by atoms with E-state index in [1.165, 1.54) is 6.07 Å². The van der Waals surface area contributed by atoms with Gasteiger partial charge in [0, 0.05) is 17.3 Å². The van der Waals surface area contributed by atoms with Crippen molar-refractivity contribution in [2.75, 3.05) is 11.9 Å². The second-order valence-corrected chi connectivity index (χ2v) is 6.38. The summed E-state index contributed by atoms with van der Waals surface area (Å²) in [5.74, 6) is 0.503. The quantitative estimate of drug-likeness (QED) is 0.642. The number of nitrogens with one attached hydrogen (secondary N) is 1. The first-order chi connectivity index (χ1) is 12.6. The van der Waals surface area contributed by atoms with Gasteiger partial charge in [-0.15, -0.1) is 0 Å². The molecule has 26 heavy (non-hydrogen) atoms. The lowest BCUT2D eigenvalue weighted by Crippen LogP contribution is -2.13. The largest absolute Gasteiger partial charge is 0.494 e. The molecule has 0 saturated heterocycles. The first-order valence-corrected chi connectivity index (χ1v) is 8.86. The van der Waals surface area contributed by atoms with E-state index in [4.69, 9.17) is 4.74 Å². The molecular formula is C19H17BrFN3O2. The van der Waals surface area contributed by atoms with Crippen LogP contribution in [0.3, 0.4) is 0 Å². The Balaban J connectivity index is 1.71. The minimum absolute atomic E-state index is 0.268. The van der Waals surface area contributed by atoms with Gasteiger partial charge in [-0.05, 0) is 53.2 Å². The fourth-order valence-electron chi connectivity index (χ4n) is 2.41. The van der Waals surface area contributed by atoms with Gasteiger partial charge < -0.3 is 10.1 Å². The van der Waals surface area contributed by atoms with Crippen LogP contribution in [0.1, 0.15) is 22.8 Å². The molecule has 1 heterocycles. The third kappa shape index (κ3) is 4.29. The van der Waals surface area contributed by atoms with Gasteiger partial charge in [0.25, 0.3) is 5.91 Å².